The molecule has 0 aliphatic heterocycles. The fourth-order valence-electron chi connectivity index (χ4n) is 1.25. The zero-order valence-electron chi connectivity index (χ0n) is 12.3. The average molecular weight is 274 g/mol. The Hall–Kier alpha value is -1.12. The summed E-state index contributed by atoms with van der Waals surface area (Å²) in [6.07, 6.45) is 5.92. The van der Waals surface area contributed by atoms with Gasteiger partial charge in [-0.15, -0.1) is 5.54 Å². The van der Waals surface area contributed by atoms with Crippen molar-refractivity contribution in [1.29, 1.82) is 0 Å². The summed E-state index contributed by atoms with van der Waals surface area (Å²) in [6.45, 7) is 13.8. The molecule has 0 bridgehead atoms. The van der Waals surface area contributed by atoms with E-state index in [0.29, 0.717) is 0 Å². The molecule has 1 aromatic heterocycles. The lowest BCUT2D eigenvalue weighted by Crippen LogP contribution is -2.16. The van der Waals surface area contributed by atoms with Crippen molar-refractivity contribution in [2.45, 2.75) is 39.3 Å². The van der Waals surface area contributed by atoms with Crippen molar-refractivity contribution in [3.63, 3.8) is 0 Å². The van der Waals surface area contributed by atoms with Crippen LogP contribution in [0.1, 0.15) is 11.1 Å². The van der Waals surface area contributed by atoms with Crippen LogP contribution in [-0.2, 0) is 0 Å². The molecule has 0 fully saturated rings. The van der Waals surface area contributed by atoms with Crippen LogP contribution in [0, 0.1) is 11.5 Å². The number of nitrogens with zero attached hydrogens (tertiary/aromatic N) is 1. The topological polar surface area (TPSA) is 12.9 Å². The predicted molar refractivity (Wildman–Crippen MR) is 86.8 cm³/mol. The molecule has 0 amide bonds. The molecule has 0 atom stereocenters. The molecule has 0 saturated heterocycles. The third kappa shape index (κ3) is 5.99. The Balaban J connectivity index is 3.07. The van der Waals surface area contributed by atoms with Crippen molar-refractivity contribution in [2.75, 3.05) is 0 Å². The van der Waals surface area contributed by atoms with Gasteiger partial charge in [0.2, 0.25) is 0 Å². The zero-order valence-corrected chi connectivity index (χ0v) is 14.3. The number of hydrogen-bond acceptors (Lipinski definition) is 1. The molecule has 1 rings (SSSR count). The van der Waals surface area contributed by atoms with Crippen LogP contribution in [0.3, 0.4) is 0 Å². The first kappa shape index (κ1) is 14.9. The maximum atomic E-state index is 4.18. The second-order valence-corrected chi connectivity index (χ2v) is 16.5. The number of hydrogen-bond donors (Lipinski definition) is 0. The van der Waals surface area contributed by atoms with Gasteiger partial charge in [0.05, 0.1) is 8.07 Å². The standard InChI is InChI=1S/C15H23NSi2/c1-17(2,3)11-8-14-7-10-16-13-15(14)9-12-18(4,5)6/h7-8,10-11,13H,1-6H3/b11-8+. The van der Waals surface area contributed by atoms with E-state index in [2.05, 4.69) is 67.5 Å². The highest BCUT2D eigenvalue weighted by Gasteiger charge is 2.09. The lowest BCUT2D eigenvalue weighted by molar-refractivity contribution is 1.30. The molecular formula is C15H23NSi2. The molecule has 0 aromatic carbocycles. The Bertz CT molecular complexity index is 494. The van der Waals surface area contributed by atoms with E-state index in [9.17, 15) is 0 Å². The maximum absolute atomic E-state index is 4.18. The van der Waals surface area contributed by atoms with E-state index in [4.69, 9.17) is 0 Å². The van der Waals surface area contributed by atoms with Crippen LogP contribution in [-0.4, -0.2) is 21.1 Å². The molecule has 1 nitrogen and oxygen atoms in total. The summed E-state index contributed by atoms with van der Waals surface area (Å²) in [4.78, 5) is 4.18. The first-order chi connectivity index (χ1) is 8.17. The first-order valence-electron chi connectivity index (χ1n) is 6.34. The van der Waals surface area contributed by atoms with Crippen LogP contribution in [0.25, 0.3) is 6.08 Å². The fourth-order valence-corrected chi connectivity index (χ4v) is 2.44. The number of aromatic nitrogens is 1. The number of rotatable bonds is 2. The van der Waals surface area contributed by atoms with Crippen LogP contribution in [0.5, 0.6) is 0 Å². The van der Waals surface area contributed by atoms with Crippen molar-refractivity contribution >= 4 is 22.2 Å². The molecular weight excluding hydrogens is 250 g/mol. The van der Waals surface area contributed by atoms with E-state index in [1.165, 1.54) is 5.56 Å². The second-order valence-electron chi connectivity index (χ2n) is 6.66. The van der Waals surface area contributed by atoms with Gasteiger partial charge in [0.25, 0.3) is 0 Å². The van der Waals surface area contributed by atoms with Crippen molar-refractivity contribution in [3.05, 3.63) is 35.3 Å². The predicted octanol–water partition coefficient (Wildman–Crippen LogP) is 4.20. The van der Waals surface area contributed by atoms with Gasteiger partial charge >= 0.3 is 0 Å². The van der Waals surface area contributed by atoms with E-state index in [-0.39, 0.29) is 0 Å². The Labute approximate surface area is 113 Å². The zero-order chi connectivity index (χ0) is 13.8. The van der Waals surface area contributed by atoms with Crippen LogP contribution < -0.4 is 0 Å². The molecule has 3 heteroatoms. The van der Waals surface area contributed by atoms with Gasteiger partial charge in [0.15, 0.2) is 0 Å². The molecule has 0 saturated carbocycles. The van der Waals surface area contributed by atoms with E-state index < -0.39 is 16.1 Å². The number of pyridine rings is 1. The maximum Gasteiger partial charge on any atom is 0.129 e. The summed E-state index contributed by atoms with van der Waals surface area (Å²) in [6, 6.07) is 2.05. The minimum absolute atomic E-state index is 1.05. The Morgan fingerprint density at radius 3 is 2.33 bits per heavy atom. The van der Waals surface area contributed by atoms with Crippen molar-refractivity contribution in [2.24, 2.45) is 0 Å². The molecule has 0 aliphatic carbocycles. The van der Waals surface area contributed by atoms with Gasteiger partial charge in [-0.2, -0.15) is 0 Å². The van der Waals surface area contributed by atoms with E-state index >= 15 is 0 Å². The molecule has 0 spiro atoms. The molecule has 1 heterocycles. The fraction of sp³-hybridized carbons (Fsp3) is 0.400. The largest absolute Gasteiger partial charge is 0.263 e. The Kier molecular flexibility index (Phi) is 4.72. The summed E-state index contributed by atoms with van der Waals surface area (Å²) in [5.41, 5.74) is 7.99. The van der Waals surface area contributed by atoms with Gasteiger partial charge in [0.1, 0.15) is 8.07 Å². The normalized spacial score (nSPS) is 12.3. The smallest absolute Gasteiger partial charge is 0.129 e. The Morgan fingerprint density at radius 1 is 1.11 bits per heavy atom. The summed E-state index contributed by atoms with van der Waals surface area (Å²) >= 11 is 0. The SMILES string of the molecule is C[Si](C)(C)C#Cc1cnccc1/C=C/[Si](C)(C)C. The lowest BCUT2D eigenvalue weighted by atomic mass is 10.1. The highest BCUT2D eigenvalue weighted by molar-refractivity contribution is 6.84. The average Bonchev–Trinajstić information content (AvgIpc) is 2.22. The highest BCUT2D eigenvalue weighted by atomic mass is 28.3. The van der Waals surface area contributed by atoms with Gasteiger partial charge < -0.3 is 0 Å². The molecule has 0 aliphatic rings. The minimum Gasteiger partial charge on any atom is -0.263 e. The third-order valence-corrected chi connectivity index (χ3v) is 4.23. The minimum atomic E-state index is -1.33. The van der Waals surface area contributed by atoms with Crippen molar-refractivity contribution in [1.82, 2.24) is 4.98 Å². The van der Waals surface area contributed by atoms with E-state index in [1.54, 1.807) is 0 Å². The van der Waals surface area contributed by atoms with Crippen LogP contribution in [0.2, 0.25) is 39.3 Å². The van der Waals surface area contributed by atoms with Crippen LogP contribution >= 0.6 is 0 Å². The summed E-state index contributed by atoms with van der Waals surface area (Å²) < 4.78 is 0. The third-order valence-electron chi connectivity index (χ3n) is 2.19. The van der Waals surface area contributed by atoms with Crippen molar-refractivity contribution < 1.29 is 0 Å². The monoisotopic (exact) mass is 273 g/mol. The van der Waals surface area contributed by atoms with Gasteiger partial charge in [-0.05, 0) is 11.6 Å². The van der Waals surface area contributed by atoms with Gasteiger partial charge in [-0.3, -0.25) is 4.98 Å². The summed E-state index contributed by atoms with van der Waals surface area (Å²) in [5.74, 6) is 3.30. The lowest BCUT2D eigenvalue weighted by Gasteiger charge is -2.09. The van der Waals surface area contributed by atoms with Crippen LogP contribution in [0.15, 0.2) is 24.2 Å². The quantitative estimate of drug-likeness (QED) is 0.581. The van der Waals surface area contributed by atoms with Crippen molar-refractivity contribution in [3.8, 4) is 11.5 Å². The highest BCUT2D eigenvalue weighted by Crippen LogP contribution is 2.12. The van der Waals surface area contributed by atoms with E-state index in [0.717, 1.165) is 5.56 Å². The summed E-state index contributed by atoms with van der Waals surface area (Å²) in [7, 11) is -2.49. The Morgan fingerprint density at radius 2 is 1.78 bits per heavy atom. The second kappa shape index (κ2) is 5.68. The molecule has 18 heavy (non-hydrogen) atoms. The molecule has 96 valence electrons. The van der Waals surface area contributed by atoms with Gasteiger partial charge in [-0.1, -0.05) is 57.0 Å². The molecule has 0 radical (unpaired) electrons. The molecule has 1 aromatic rings. The first-order valence-corrected chi connectivity index (χ1v) is 13.4. The van der Waals surface area contributed by atoms with Gasteiger partial charge in [-0.25, -0.2) is 0 Å². The summed E-state index contributed by atoms with van der Waals surface area (Å²) in [5, 5.41) is 0. The molecule has 0 unspecified atom stereocenters. The van der Waals surface area contributed by atoms with E-state index in [1.807, 2.05) is 18.5 Å². The molecule has 0 N–H and O–H groups in total. The van der Waals surface area contributed by atoms with Gasteiger partial charge in [0, 0.05) is 18.0 Å². The van der Waals surface area contributed by atoms with Crippen LogP contribution in [0.4, 0.5) is 0 Å².